The standard InChI is InChI=1S/C14H21NO/c1-2-5-14(16)13-8-9-15(11-13)10-12-6-3-4-7-12/h8-9,11-12H,2-7,10H2,1H3. The van der Waals surface area contributed by atoms with Gasteiger partial charge in [-0.1, -0.05) is 19.8 Å². The van der Waals surface area contributed by atoms with E-state index in [4.69, 9.17) is 0 Å². The Morgan fingerprint density at radius 3 is 2.88 bits per heavy atom. The van der Waals surface area contributed by atoms with Crippen LogP contribution in [0.5, 0.6) is 0 Å². The van der Waals surface area contributed by atoms with Crippen molar-refractivity contribution in [2.24, 2.45) is 5.92 Å². The van der Waals surface area contributed by atoms with E-state index in [0.717, 1.165) is 24.4 Å². The lowest BCUT2D eigenvalue weighted by Crippen LogP contribution is -2.05. The van der Waals surface area contributed by atoms with Gasteiger partial charge < -0.3 is 4.57 Å². The highest BCUT2D eigenvalue weighted by Crippen LogP contribution is 2.26. The average molecular weight is 219 g/mol. The minimum atomic E-state index is 0.285. The predicted molar refractivity (Wildman–Crippen MR) is 65.6 cm³/mol. The zero-order chi connectivity index (χ0) is 11.4. The quantitative estimate of drug-likeness (QED) is 0.693. The summed E-state index contributed by atoms with van der Waals surface area (Å²) in [5.41, 5.74) is 0.889. The van der Waals surface area contributed by atoms with Crippen LogP contribution in [0.15, 0.2) is 18.5 Å². The van der Waals surface area contributed by atoms with Crippen molar-refractivity contribution in [3.63, 3.8) is 0 Å². The monoisotopic (exact) mass is 219 g/mol. The van der Waals surface area contributed by atoms with Crippen LogP contribution in [-0.4, -0.2) is 10.4 Å². The maximum atomic E-state index is 11.7. The van der Waals surface area contributed by atoms with Crippen LogP contribution in [-0.2, 0) is 6.54 Å². The van der Waals surface area contributed by atoms with Gasteiger partial charge in [-0.05, 0) is 31.2 Å². The van der Waals surface area contributed by atoms with Crippen LogP contribution in [0.1, 0.15) is 55.8 Å². The van der Waals surface area contributed by atoms with Crippen molar-refractivity contribution < 1.29 is 4.79 Å². The van der Waals surface area contributed by atoms with Gasteiger partial charge in [-0.3, -0.25) is 4.79 Å². The molecule has 0 saturated heterocycles. The van der Waals surface area contributed by atoms with Crippen LogP contribution in [0, 0.1) is 5.92 Å². The summed E-state index contributed by atoms with van der Waals surface area (Å²) in [7, 11) is 0. The molecule has 0 radical (unpaired) electrons. The van der Waals surface area contributed by atoms with Crippen molar-refractivity contribution in [1.29, 1.82) is 0 Å². The van der Waals surface area contributed by atoms with Crippen LogP contribution in [0.25, 0.3) is 0 Å². The van der Waals surface area contributed by atoms with E-state index in [0.29, 0.717) is 6.42 Å². The molecular weight excluding hydrogens is 198 g/mol. The van der Waals surface area contributed by atoms with Gasteiger partial charge in [0.25, 0.3) is 0 Å². The van der Waals surface area contributed by atoms with E-state index in [1.165, 1.54) is 25.7 Å². The van der Waals surface area contributed by atoms with Crippen LogP contribution < -0.4 is 0 Å². The van der Waals surface area contributed by atoms with Gasteiger partial charge >= 0.3 is 0 Å². The van der Waals surface area contributed by atoms with Gasteiger partial charge in [0.15, 0.2) is 5.78 Å². The number of carbonyl (C=O) groups is 1. The summed E-state index contributed by atoms with van der Waals surface area (Å²) in [4.78, 5) is 11.7. The highest BCUT2D eigenvalue weighted by molar-refractivity contribution is 5.95. The molecule has 0 aromatic carbocycles. The Labute approximate surface area is 97.7 Å². The van der Waals surface area contributed by atoms with E-state index < -0.39 is 0 Å². The summed E-state index contributed by atoms with van der Waals surface area (Å²) in [6, 6.07) is 1.97. The molecule has 1 aliphatic rings. The number of nitrogens with zero attached hydrogens (tertiary/aromatic N) is 1. The highest BCUT2D eigenvalue weighted by Gasteiger charge is 2.15. The molecule has 0 aliphatic heterocycles. The number of Topliss-reactive ketones (excluding diaryl/α,β-unsaturated/α-hetero) is 1. The van der Waals surface area contributed by atoms with Gasteiger partial charge in [-0.15, -0.1) is 0 Å². The van der Waals surface area contributed by atoms with Crippen molar-refractivity contribution in [3.8, 4) is 0 Å². The Balaban J connectivity index is 1.93. The zero-order valence-corrected chi connectivity index (χ0v) is 10.1. The molecule has 1 aromatic rings. The Morgan fingerprint density at radius 1 is 1.44 bits per heavy atom. The molecule has 0 spiro atoms. The lowest BCUT2D eigenvalue weighted by atomic mass is 10.1. The molecule has 0 N–H and O–H groups in total. The maximum absolute atomic E-state index is 11.7. The van der Waals surface area contributed by atoms with Gasteiger partial charge in [0.05, 0.1) is 0 Å². The van der Waals surface area contributed by atoms with Gasteiger partial charge in [-0.2, -0.15) is 0 Å². The number of aromatic nitrogens is 1. The zero-order valence-electron chi connectivity index (χ0n) is 10.1. The summed E-state index contributed by atoms with van der Waals surface area (Å²) >= 11 is 0. The first kappa shape index (κ1) is 11.4. The van der Waals surface area contributed by atoms with Crippen molar-refractivity contribution in [1.82, 2.24) is 4.57 Å². The molecule has 2 rings (SSSR count). The Kier molecular flexibility index (Phi) is 3.81. The summed E-state index contributed by atoms with van der Waals surface area (Å²) < 4.78 is 2.19. The van der Waals surface area contributed by atoms with E-state index in [-0.39, 0.29) is 5.78 Å². The topological polar surface area (TPSA) is 22.0 Å². The van der Waals surface area contributed by atoms with Crippen LogP contribution in [0.3, 0.4) is 0 Å². The van der Waals surface area contributed by atoms with Gasteiger partial charge in [0.2, 0.25) is 0 Å². The summed E-state index contributed by atoms with van der Waals surface area (Å²) in [5.74, 6) is 1.12. The van der Waals surface area contributed by atoms with E-state index >= 15 is 0 Å². The number of hydrogen-bond donors (Lipinski definition) is 0. The molecule has 0 unspecified atom stereocenters. The van der Waals surface area contributed by atoms with E-state index in [1.54, 1.807) is 0 Å². The average Bonchev–Trinajstić information content (AvgIpc) is 2.90. The fourth-order valence-corrected chi connectivity index (χ4v) is 2.58. The first-order valence-corrected chi connectivity index (χ1v) is 6.48. The second kappa shape index (κ2) is 5.33. The number of hydrogen-bond acceptors (Lipinski definition) is 1. The van der Waals surface area contributed by atoms with Crippen LogP contribution >= 0.6 is 0 Å². The fraction of sp³-hybridized carbons (Fsp3) is 0.643. The highest BCUT2D eigenvalue weighted by atomic mass is 16.1. The van der Waals surface area contributed by atoms with E-state index in [2.05, 4.69) is 10.8 Å². The van der Waals surface area contributed by atoms with Crippen LogP contribution in [0.4, 0.5) is 0 Å². The van der Waals surface area contributed by atoms with Crippen molar-refractivity contribution in [3.05, 3.63) is 24.0 Å². The van der Waals surface area contributed by atoms with Gasteiger partial charge in [0.1, 0.15) is 0 Å². The molecule has 1 fully saturated rings. The summed E-state index contributed by atoms with van der Waals surface area (Å²) in [5, 5.41) is 0. The third-order valence-corrected chi connectivity index (χ3v) is 3.49. The minimum absolute atomic E-state index is 0.285. The van der Waals surface area contributed by atoms with Crippen molar-refractivity contribution >= 4 is 5.78 Å². The summed E-state index contributed by atoms with van der Waals surface area (Å²) in [6.07, 6.45) is 11.2. The Hall–Kier alpha value is -1.05. The Morgan fingerprint density at radius 2 is 2.19 bits per heavy atom. The smallest absolute Gasteiger partial charge is 0.164 e. The molecular formula is C14H21NO. The number of ketones is 1. The third kappa shape index (κ3) is 2.75. The largest absolute Gasteiger partial charge is 0.353 e. The van der Waals surface area contributed by atoms with Gasteiger partial charge in [0, 0.05) is 30.9 Å². The molecule has 88 valence electrons. The molecule has 2 heteroatoms. The molecule has 1 aromatic heterocycles. The van der Waals surface area contributed by atoms with E-state index in [9.17, 15) is 4.79 Å². The molecule has 0 bridgehead atoms. The fourth-order valence-electron chi connectivity index (χ4n) is 2.58. The van der Waals surface area contributed by atoms with Crippen LogP contribution in [0.2, 0.25) is 0 Å². The number of carbonyl (C=O) groups excluding carboxylic acids is 1. The van der Waals surface area contributed by atoms with Crippen molar-refractivity contribution in [2.45, 2.75) is 52.0 Å². The maximum Gasteiger partial charge on any atom is 0.164 e. The molecule has 16 heavy (non-hydrogen) atoms. The second-order valence-electron chi connectivity index (χ2n) is 4.92. The summed E-state index contributed by atoms with van der Waals surface area (Å²) in [6.45, 7) is 3.15. The lowest BCUT2D eigenvalue weighted by Gasteiger charge is -2.09. The molecule has 2 nitrogen and oxygen atoms in total. The first-order chi connectivity index (χ1) is 7.79. The Bertz CT molecular complexity index is 347. The minimum Gasteiger partial charge on any atom is -0.353 e. The van der Waals surface area contributed by atoms with Gasteiger partial charge in [-0.25, -0.2) is 0 Å². The SMILES string of the molecule is CCCC(=O)c1ccn(CC2CCCC2)c1. The second-order valence-corrected chi connectivity index (χ2v) is 4.92. The molecule has 1 saturated carbocycles. The molecule has 1 aliphatic carbocycles. The first-order valence-electron chi connectivity index (χ1n) is 6.48. The number of rotatable bonds is 5. The third-order valence-electron chi connectivity index (χ3n) is 3.49. The molecule has 0 atom stereocenters. The molecule has 0 amide bonds. The van der Waals surface area contributed by atoms with Crippen molar-refractivity contribution in [2.75, 3.05) is 0 Å². The molecule has 1 heterocycles. The van der Waals surface area contributed by atoms with E-state index in [1.807, 2.05) is 19.2 Å². The lowest BCUT2D eigenvalue weighted by molar-refractivity contribution is 0.0981. The predicted octanol–water partition coefficient (Wildman–Crippen LogP) is 3.66. The normalized spacial score (nSPS) is 16.8.